The highest BCUT2D eigenvalue weighted by Gasteiger charge is 2.43. The molecule has 0 bridgehead atoms. The molecular formula is C14H18N2O2. The van der Waals surface area contributed by atoms with Crippen molar-refractivity contribution in [1.29, 1.82) is 0 Å². The largest absolute Gasteiger partial charge is 0.357 e. The van der Waals surface area contributed by atoms with Gasteiger partial charge in [-0.05, 0) is 30.4 Å². The first-order valence-electron chi connectivity index (χ1n) is 6.19. The smallest absolute Gasteiger partial charge is 0.250 e. The van der Waals surface area contributed by atoms with Crippen molar-refractivity contribution in [2.45, 2.75) is 31.7 Å². The zero-order valence-electron chi connectivity index (χ0n) is 10.7. The van der Waals surface area contributed by atoms with Crippen molar-refractivity contribution < 1.29 is 9.59 Å². The summed E-state index contributed by atoms with van der Waals surface area (Å²) in [5, 5.41) is 5.52. The molecule has 1 aromatic carbocycles. The Hall–Kier alpha value is -1.84. The van der Waals surface area contributed by atoms with Crippen LogP contribution in [0.2, 0.25) is 0 Å². The lowest BCUT2D eigenvalue weighted by atomic mass is 9.75. The Morgan fingerprint density at radius 1 is 1.28 bits per heavy atom. The number of aryl methyl sites for hydroxylation is 1. The minimum atomic E-state index is -0.907. The van der Waals surface area contributed by atoms with E-state index in [1.165, 1.54) is 6.92 Å². The van der Waals surface area contributed by atoms with Gasteiger partial charge in [0.05, 0.1) is 0 Å². The van der Waals surface area contributed by atoms with Crippen molar-refractivity contribution in [1.82, 2.24) is 10.6 Å². The van der Waals surface area contributed by atoms with Crippen LogP contribution >= 0.6 is 0 Å². The van der Waals surface area contributed by atoms with Gasteiger partial charge in [0.1, 0.15) is 5.54 Å². The highest BCUT2D eigenvalue weighted by Crippen LogP contribution is 2.35. The van der Waals surface area contributed by atoms with Crippen molar-refractivity contribution in [3.8, 4) is 0 Å². The second-order valence-corrected chi connectivity index (χ2v) is 4.68. The molecule has 4 nitrogen and oxygen atoms in total. The number of rotatable bonds is 2. The molecule has 0 aromatic heterocycles. The Morgan fingerprint density at radius 3 is 2.67 bits per heavy atom. The monoisotopic (exact) mass is 246 g/mol. The molecule has 0 unspecified atom stereocenters. The van der Waals surface area contributed by atoms with E-state index in [-0.39, 0.29) is 11.8 Å². The number of carbonyl (C=O) groups is 2. The van der Waals surface area contributed by atoms with E-state index >= 15 is 0 Å². The van der Waals surface area contributed by atoms with Gasteiger partial charge in [-0.15, -0.1) is 0 Å². The molecule has 0 aliphatic heterocycles. The lowest BCUT2D eigenvalue weighted by molar-refractivity contribution is -0.133. The van der Waals surface area contributed by atoms with Gasteiger partial charge in [0, 0.05) is 14.0 Å². The normalized spacial score (nSPS) is 21.9. The second-order valence-electron chi connectivity index (χ2n) is 4.68. The van der Waals surface area contributed by atoms with Gasteiger partial charge in [0.15, 0.2) is 0 Å². The third-order valence-corrected chi connectivity index (χ3v) is 3.48. The van der Waals surface area contributed by atoms with E-state index in [0.29, 0.717) is 6.42 Å². The van der Waals surface area contributed by atoms with Crippen molar-refractivity contribution in [3.05, 3.63) is 35.4 Å². The standard InChI is InChI=1S/C14H18N2O2/c1-10(17)16-14(13(18)15-2)9-5-7-11-6-3-4-8-12(11)14/h3-4,6,8H,5,7,9H2,1-2H3,(H,15,18)(H,16,17)/t14-/m1/s1. The number of hydrogen-bond donors (Lipinski definition) is 2. The van der Waals surface area contributed by atoms with Crippen molar-refractivity contribution in [3.63, 3.8) is 0 Å². The molecule has 0 fully saturated rings. The number of nitrogens with one attached hydrogen (secondary N) is 2. The molecule has 96 valence electrons. The van der Waals surface area contributed by atoms with Crippen LogP contribution in [0.5, 0.6) is 0 Å². The molecule has 0 spiro atoms. The fourth-order valence-corrected chi connectivity index (χ4v) is 2.77. The molecule has 2 rings (SSSR count). The maximum atomic E-state index is 12.3. The third-order valence-electron chi connectivity index (χ3n) is 3.48. The SMILES string of the molecule is CNC(=O)[C@@]1(NC(C)=O)CCCc2ccccc21. The molecule has 0 heterocycles. The number of fused-ring (bicyclic) bond motifs is 1. The van der Waals surface area contributed by atoms with E-state index in [0.717, 1.165) is 24.0 Å². The van der Waals surface area contributed by atoms with Gasteiger partial charge >= 0.3 is 0 Å². The fourth-order valence-electron chi connectivity index (χ4n) is 2.77. The number of benzene rings is 1. The topological polar surface area (TPSA) is 58.2 Å². The summed E-state index contributed by atoms with van der Waals surface area (Å²) >= 11 is 0. The Morgan fingerprint density at radius 2 is 2.00 bits per heavy atom. The molecule has 0 radical (unpaired) electrons. The van der Waals surface area contributed by atoms with Crippen LogP contribution < -0.4 is 10.6 Å². The average Bonchev–Trinajstić information content (AvgIpc) is 2.37. The zero-order valence-corrected chi connectivity index (χ0v) is 10.7. The lowest BCUT2D eigenvalue weighted by Crippen LogP contribution is -2.56. The minimum absolute atomic E-state index is 0.148. The molecule has 4 heteroatoms. The maximum absolute atomic E-state index is 12.3. The first-order valence-corrected chi connectivity index (χ1v) is 6.19. The second kappa shape index (κ2) is 4.80. The van der Waals surface area contributed by atoms with Crippen LogP contribution in [0.3, 0.4) is 0 Å². The first-order chi connectivity index (χ1) is 8.60. The average molecular weight is 246 g/mol. The highest BCUT2D eigenvalue weighted by molar-refractivity contribution is 5.92. The number of hydrogen-bond acceptors (Lipinski definition) is 2. The third kappa shape index (κ3) is 1.98. The van der Waals surface area contributed by atoms with Gasteiger partial charge in [-0.2, -0.15) is 0 Å². The van der Waals surface area contributed by atoms with Gasteiger partial charge in [-0.25, -0.2) is 0 Å². The summed E-state index contributed by atoms with van der Waals surface area (Å²) in [5.74, 6) is -0.333. The van der Waals surface area contributed by atoms with Crippen molar-refractivity contribution in [2.24, 2.45) is 0 Å². The van der Waals surface area contributed by atoms with Crippen LogP contribution in [-0.2, 0) is 21.5 Å². The maximum Gasteiger partial charge on any atom is 0.250 e. The van der Waals surface area contributed by atoms with E-state index in [1.807, 2.05) is 24.3 Å². The van der Waals surface area contributed by atoms with E-state index in [1.54, 1.807) is 7.05 Å². The Bertz CT molecular complexity index is 484. The molecular weight excluding hydrogens is 228 g/mol. The van der Waals surface area contributed by atoms with Crippen LogP contribution in [0, 0.1) is 0 Å². The summed E-state index contributed by atoms with van der Waals surface area (Å²) in [4.78, 5) is 23.7. The van der Waals surface area contributed by atoms with Crippen LogP contribution in [0.1, 0.15) is 30.9 Å². The van der Waals surface area contributed by atoms with Gasteiger partial charge in [-0.3, -0.25) is 9.59 Å². The number of likely N-dealkylation sites (N-methyl/N-ethyl adjacent to an activating group) is 1. The summed E-state index contributed by atoms with van der Waals surface area (Å²) in [6, 6.07) is 7.82. The highest BCUT2D eigenvalue weighted by atomic mass is 16.2. The van der Waals surface area contributed by atoms with Gasteiger partial charge in [-0.1, -0.05) is 24.3 Å². The molecule has 0 saturated carbocycles. The lowest BCUT2D eigenvalue weighted by Gasteiger charge is -2.37. The molecule has 2 N–H and O–H groups in total. The summed E-state index contributed by atoms with van der Waals surface area (Å²) < 4.78 is 0. The Labute approximate surface area is 107 Å². The summed E-state index contributed by atoms with van der Waals surface area (Å²) in [6.45, 7) is 1.45. The molecule has 1 atom stereocenters. The molecule has 0 saturated heterocycles. The Balaban J connectivity index is 2.54. The van der Waals surface area contributed by atoms with Crippen LogP contribution in [-0.4, -0.2) is 18.9 Å². The molecule has 1 aliphatic rings. The van der Waals surface area contributed by atoms with E-state index in [2.05, 4.69) is 10.6 Å². The van der Waals surface area contributed by atoms with E-state index in [9.17, 15) is 9.59 Å². The molecule has 18 heavy (non-hydrogen) atoms. The zero-order chi connectivity index (χ0) is 13.2. The van der Waals surface area contributed by atoms with Crippen molar-refractivity contribution in [2.75, 3.05) is 7.05 Å². The predicted molar refractivity (Wildman–Crippen MR) is 68.9 cm³/mol. The van der Waals surface area contributed by atoms with Crippen molar-refractivity contribution >= 4 is 11.8 Å². The number of amides is 2. The quantitative estimate of drug-likeness (QED) is 0.821. The molecule has 2 amide bonds. The molecule has 1 aromatic rings. The Kier molecular flexibility index (Phi) is 3.36. The number of carbonyl (C=O) groups excluding carboxylic acids is 2. The summed E-state index contributed by atoms with van der Waals surface area (Å²) in [7, 11) is 1.60. The minimum Gasteiger partial charge on any atom is -0.357 e. The fraction of sp³-hybridized carbons (Fsp3) is 0.429. The van der Waals surface area contributed by atoms with Crippen LogP contribution in [0.25, 0.3) is 0 Å². The molecule has 1 aliphatic carbocycles. The predicted octanol–water partition coefficient (Wildman–Crippen LogP) is 1.10. The van der Waals surface area contributed by atoms with Gasteiger partial charge < -0.3 is 10.6 Å². The van der Waals surface area contributed by atoms with Gasteiger partial charge in [0.2, 0.25) is 11.8 Å². The van der Waals surface area contributed by atoms with E-state index < -0.39 is 5.54 Å². The first kappa shape index (κ1) is 12.6. The van der Waals surface area contributed by atoms with Crippen LogP contribution in [0.4, 0.5) is 0 Å². The van der Waals surface area contributed by atoms with E-state index in [4.69, 9.17) is 0 Å². The summed E-state index contributed by atoms with van der Waals surface area (Å²) in [5.41, 5.74) is 1.15. The van der Waals surface area contributed by atoms with Gasteiger partial charge in [0.25, 0.3) is 0 Å². The summed E-state index contributed by atoms with van der Waals surface area (Å²) in [6.07, 6.45) is 2.49. The van der Waals surface area contributed by atoms with Crippen LogP contribution in [0.15, 0.2) is 24.3 Å².